The van der Waals surface area contributed by atoms with Crippen molar-refractivity contribution in [1.82, 2.24) is 25.3 Å². The minimum Gasteiger partial charge on any atom is -0.480 e. The van der Waals surface area contributed by atoms with E-state index in [0.717, 1.165) is 19.4 Å². The molecule has 0 aliphatic carbocycles. The molecule has 144 valence electrons. The van der Waals surface area contributed by atoms with Crippen LogP contribution in [0.2, 0.25) is 0 Å². The highest BCUT2D eigenvalue weighted by Gasteiger charge is 2.40. The van der Waals surface area contributed by atoms with Crippen LogP contribution in [-0.2, 0) is 15.7 Å². The number of carbonyl (C=O) groups is 2. The summed E-state index contributed by atoms with van der Waals surface area (Å²) in [6.07, 6.45) is -1.85. The molecule has 1 amide bonds. The Balaban J connectivity index is 2.29. The van der Waals surface area contributed by atoms with E-state index in [4.69, 9.17) is 4.74 Å². The number of rotatable bonds is 6. The van der Waals surface area contributed by atoms with E-state index >= 15 is 0 Å². The Morgan fingerprint density at radius 1 is 1.26 bits per heavy atom. The molecule has 0 saturated heterocycles. The molecule has 2 aromatic rings. The zero-order valence-electron chi connectivity index (χ0n) is 14.1. The average molecular weight is 385 g/mol. The molecule has 2 rings (SSSR count). The van der Waals surface area contributed by atoms with Crippen LogP contribution in [0.15, 0.2) is 30.5 Å². The number of alkyl halides is 3. The summed E-state index contributed by atoms with van der Waals surface area (Å²) in [4.78, 5) is 23.0. The lowest BCUT2D eigenvalue weighted by molar-refractivity contribution is -0.143. The second-order valence-electron chi connectivity index (χ2n) is 4.89. The van der Waals surface area contributed by atoms with Gasteiger partial charge in [-0.3, -0.25) is 4.79 Å². The summed E-state index contributed by atoms with van der Waals surface area (Å²) in [5.74, 6) is -1.82. The Hall–Kier alpha value is -3.44. The normalized spacial score (nSPS) is 11.4. The fourth-order valence-electron chi connectivity index (χ4n) is 1.97. The highest BCUT2D eigenvalue weighted by molar-refractivity contribution is 5.95. The van der Waals surface area contributed by atoms with Gasteiger partial charge in [0.1, 0.15) is 0 Å². The van der Waals surface area contributed by atoms with E-state index < -0.39 is 29.3 Å². The number of methoxy groups -OCH3 is 2. The summed E-state index contributed by atoms with van der Waals surface area (Å²) in [6, 6.07) is 2.52. The van der Waals surface area contributed by atoms with Gasteiger partial charge in [0.15, 0.2) is 11.5 Å². The minimum absolute atomic E-state index is 0.106. The summed E-state index contributed by atoms with van der Waals surface area (Å²) in [6.45, 7) is -0.182. The first-order valence-electron chi connectivity index (χ1n) is 7.34. The van der Waals surface area contributed by atoms with E-state index in [1.165, 1.54) is 25.3 Å². The number of aromatic nitrogens is 4. The van der Waals surface area contributed by atoms with Gasteiger partial charge in [-0.2, -0.15) is 18.3 Å². The number of hydrogen-bond acceptors (Lipinski definition) is 7. The van der Waals surface area contributed by atoms with Crippen molar-refractivity contribution >= 4 is 11.9 Å². The van der Waals surface area contributed by atoms with Crippen molar-refractivity contribution in [2.75, 3.05) is 20.8 Å². The van der Waals surface area contributed by atoms with Crippen LogP contribution in [0.25, 0.3) is 5.82 Å². The first-order valence-corrected chi connectivity index (χ1v) is 7.34. The second kappa shape index (κ2) is 8.29. The molecule has 0 aliphatic rings. The lowest BCUT2D eigenvalue weighted by Crippen LogP contribution is -2.27. The van der Waals surface area contributed by atoms with Crippen molar-refractivity contribution in [2.24, 2.45) is 0 Å². The van der Waals surface area contributed by atoms with Crippen LogP contribution in [0.4, 0.5) is 13.2 Å². The number of nitrogens with one attached hydrogen (secondary N) is 1. The van der Waals surface area contributed by atoms with Gasteiger partial charge >= 0.3 is 12.1 Å². The number of esters is 1. The second-order valence-corrected chi connectivity index (χ2v) is 4.89. The zero-order chi connectivity index (χ0) is 20.0. The topological polar surface area (TPSA) is 108 Å². The van der Waals surface area contributed by atoms with E-state index in [9.17, 15) is 22.8 Å². The Morgan fingerprint density at radius 3 is 2.56 bits per heavy atom. The van der Waals surface area contributed by atoms with Gasteiger partial charge in [-0.15, -0.1) is 10.2 Å². The van der Waals surface area contributed by atoms with Crippen LogP contribution in [0.1, 0.15) is 16.1 Å². The maximum atomic E-state index is 13.5. The van der Waals surface area contributed by atoms with Crippen molar-refractivity contribution < 1.29 is 32.2 Å². The van der Waals surface area contributed by atoms with Crippen LogP contribution in [0, 0.1) is 0 Å². The molecule has 2 heterocycles. The molecule has 1 N–H and O–H groups in total. The minimum atomic E-state index is -4.88. The maximum Gasteiger partial charge on any atom is 0.434 e. The average Bonchev–Trinajstić information content (AvgIpc) is 3.10. The first-order chi connectivity index (χ1) is 12.8. The van der Waals surface area contributed by atoms with Gasteiger partial charge in [0.25, 0.3) is 5.91 Å². The molecule has 2 aromatic heterocycles. The number of hydrogen-bond donors (Lipinski definition) is 1. The molecule has 0 unspecified atom stereocenters. The van der Waals surface area contributed by atoms with Crippen molar-refractivity contribution in [1.29, 1.82) is 0 Å². The molecule has 12 heteroatoms. The van der Waals surface area contributed by atoms with Crippen molar-refractivity contribution in [2.45, 2.75) is 6.18 Å². The summed E-state index contributed by atoms with van der Waals surface area (Å²) in [5.41, 5.74) is -2.01. The van der Waals surface area contributed by atoms with Gasteiger partial charge in [-0.05, 0) is 6.07 Å². The van der Waals surface area contributed by atoms with Gasteiger partial charge in [0.2, 0.25) is 5.88 Å². The van der Waals surface area contributed by atoms with E-state index in [1.54, 1.807) is 0 Å². The highest BCUT2D eigenvalue weighted by Crippen LogP contribution is 2.33. The molecule has 0 fully saturated rings. The van der Waals surface area contributed by atoms with Gasteiger partial charge in [-0.1, -0.05) is 6.08 Å². The van der Waals surface area contributed by atoms with E-state index in [-0.39, 0.29) is 18.2 Å². The fraction of sp³-hybridized carbons (Fsp3) is 0.267. The third-order valence-corrected chi connectivity index (χ3v) is 3.17. The SMILES string of the molecule is COC(=O)/C=C/CNC(=O)c1cnn(-c2ccc(OC)nn2)c1C(F)(F)F. The number of halogens is 3. The smallest absolute Gasteiger partial charge is 0.434 e. The molecule has 0 aromatic carbocycles. The third-order valence-electron chi connectivity index (χ3n) is 3.17. The Kier molecular flexibility index (Phi) is 6.11. The van der Waals surface area contributed by atoms with Gasteiger partial charge in [0.05, 0.1) is 26.0 Å². The number of amides is 1. The lowest BCUT2D eigenvalue weighted by Gasteiger charge is -2.11. The summed E-state index contributed by atoms with van der Waals surface area (Å²) >= 11 is 0. The summed E-state index contributed by atoms with van der Waals surface area (Å²) in [5, 5.41) is 13.0. The number of ether oxygens (including phenoxy) is 2. The van der Waals surface area contributed by atoms with Gasteiger partial charge in [-0.25, -0.2) is 9.48 Å². The number of nitrogens with zero attached hydrogens (tertiary/aromatic N) is 4. The van der Waals surface area contributed by atoms with Crippen LogP contribution in [0.3, 0.4) is 0 Å². The molecule has 27 heavy (non-hydrogen) atoms. The maximum absolute atomic E-state index is 13.5. The van der Waals surface area contributed by atoms with Gasteiger partial charge < -0.3 is 14.8 Å². The molecule has 0 radical (unpaired) electrons. The fourth-order valence-corrected chi connectivity index (χ4v) is 1.97. The molecule has 0 saturated carbocycles. The van der Waals surface area contributed by atoms with Crippen LogP contribution in [-0.4, -0.2) is 52.6 Å². The van der Waals surface area contributed by atoms with Crippen molar-refractivity contribution in [3.05, 3.63) is 41.7 Å². The van der Waals surface area contributed by atoms with Crippen molar-refractivity contribution in [3.63, 3.8) is 0 Å². The first kappa shape index (κ1) is 19.9. The standard InChI is InChI=1S/C15H14F3N5O4/c1-26-11-6-5-10(21-22-11)23-13(15(16,17)18)9(8-20-23)14(25)19-7-3-4-12(24)27-2/h3-6,8H,7H2,1-2H3,(H,19,25)/b4-3+. The lowest BCUT2D eigenvalue weighted by atomic mass is 10.2. The number of carbonyl (C=O) groups excluding carboxylic acids is 2. The van der Waals surface area contributed by atoms with Crippen LogP contribution >= 0.6 is 0 Å². The van der Waals surface area contributed by atoms with E-state index in [0.29, 0.717) is 4.68 Å². The molecular weight excluding hydrogens is 371 g/mol. The molecule has 0 bridgehead atoms. The highest BCUT2D eigenvalue weighted by atomic mass is 19.4. The monoisotopic (exact) mass is 385 g/mol. The quantitative estimate of drug-likeness (QED) is 0.587. The molecule has 9 nitrogen and oxygen atoms in total. The van der Waals surface area contributed by atoms with Crippen LogP contribution < -0.4 is 10.1 Å². The largest absolute Gasteiger partial charge is 0.480 e. The summed E-state index contributed by atoms with van der Waals surface area (Å²) in [7, 11) is 2.49. The Bertz CT molecular complexity index is 846. The zero-order valence-corrected chi connectivity index (χ0v) is 14.1. The third kappa shape index (κ3) is 4.80. The molecule has 0 aliphatic heterocycles. The molecular formula is C15H14F3N5O4. The van der Waals surface area contributed by atoms with E-state index in [2.05, 4.69) is 25.3 Å². The summed E-state index contributed by atoms with van der Waals surface area (Å²) < 4.78 is 50.1. The predicted molar refractivity (Wildman–Crippen MR) is 84.2 cm³/mol. The van der Waals surface area contributed by atoms with E-state index in [1.807, 2.05) is 0 Å². The molecule has 0 atom stereocenters. The Morgan fingerprint density at radius 2 is 2.00 bits per heavy atom. The van der Waals surface area contributed by atoms with Crippen molar-refractivity contribution in [3.8, 4) is 11.7 Å². The molecule has 0 spiro atoms. The van der Waals surface area contributed by atoms with Gasteiger partial charge in [0, 0.05) is 18.7 Å². The Labute approximate surface area is 150 Å². The predicted octanol–water partition coefficient (Wildman–Crippen LogP) is 1.15. The van der Waals surface area contributed by atoms with Crippen LogP contribution in [0.5, 0.6) is 5.88 Å².